The van der Waals surface area contributed by atoms with Gasteiger partial charge in [0, 0.05) is 24.7 Å². The molecule has 0 saturated carbocycles. The monoisotopic (exact) mass is 483 g/mol. The van der Waals surface area contributed by atoms with E-state index in [1.807, 2.05) is 49.4 Å². The molecule has 1 heterocycles. The van der Waals surface area contributed by atoms with Crippen LogP contribution in [0, 0.1) is 0 Å². The van der Waals surface area contributed by atoms with Crippen molar-refractivity contribution in [3.8, 4) is 11.5 Å². The first-order valence-corrected chi connectivity index (χ1v) is 8.92. The van der Waals surface area contributed by atoms with E-state index in [2.05, 4.69) is 15.6 Å². The Morgan fingerprint density at radius 3 is 2.56 bits per heavy atom. The Labute approximate surface area is 177 Å². The molecule has 3 rings (SSSR count). The minimum Gasteiger partial charge on any atom is -0.490 e. The zero-order valence-electron chi connectivity index (χ0n) is 15.4. The summed E-state index contributed by atoms with van der Waals surface area (Å²) in [5, 5.41) is 16.0. The third-order valence-electron chi connectivity index (χ3n) is 4.05. The van der Waals surface area contributed by atoms with E-state index in [0.717, 1.165) is 41.3 Å². The second-order valence-corrected chi connectivity index (χ2v) is 5.96. The average Bonchev–Trinajstić information content (AvgIpc) is 2.91. The van der Waals surface area contributed by atoms with E-state index in [-0.39, 0.29) is 30.6 Å². The van der Waals surface area contributed by atoms with Gasteiger partial charge in [-0.15, -0.1) is 24.0 Å². The molecule has 0 radical (unpaired) electrons. The lowest BCUT2D eigenvalue weighted by Crippen LogP contribution is -2.30. The van der Waals surface area contributed by atoms with Crippen molar-refractivity contribution in [2.24, 2.45) is 4.99 Å². The zero-order valence-corrected chi connectivity index (χ0v) is 17.7. The van der Waals surface area contributed by atoms with Gasteiger partial charge in [0.2, 0.25) is 0 Å². The van der Waals surface area contributed by atoms with E-state index in [1.54, 1.807) is 0 Å². The Hall–Kier alpha value is -2.00. The number of nitrogens with zero attached hydrogens (tertiary/aromatic N) is 1. The summed E-state index contributed by atoms with van der Waals surface area (Å²) in [5.74, 6) is 2.19. The summed E-state index contributed by atoms with van der Waals surface area (Å²) in [6.07, 6.45) is 0.881. The summed E-state index contributed by atoms with van der Waals surface area (Å²) in [6.45, 7) is 4.59. The Kier molecular flexibility index (Phi) is 8.66. The predicted octanol–water partition coefficient (Wildman–Crippen LogP) is 3.54. The maximum absolute atomic E-state index is 9.45. The lowest BCUT2D eigenvalue weighted by atomic mass is 10.1. The number of guanidine groups is 1. The van der Waals surface area contributed by atoms with Gasteiger partial charge in [0.05, 0.1) is 26.4 Å². The van der Waals surface area contributed by atoms with Gasteiger partial charge in [0.1, 0.15) is 0 Å². The first kappa shape index (κ1) is 21.3. The van der Waals surface area contributed by atoms with Crippen molar-refractivity contribution in [1.82, 2.24) is 5.32 Å². The average molecular weight is 483 g/mol. The van der Waals surface area contributed by atoms with Crippen LogP contribution in [-0.4, -0.2) is 30.8 Å². The highest BCUT2D eigenvalue weighted by atomic mass is 127. The Morgan fingerprint density at radius 2 is 1.81 bits per heavy atom. The summed E-state index contributed by atoms with van der Waals surface area (Å²) in [5.41, 5.74) is 2.78. The Balaban J connectivity index is 0.00000261. The molecule has 0 bridgehead atoms. The van der Waals surface area contributed by atoms with Gasteiger partial charge >= 0.3 is 0 Å². The second kappa shape index (κ2) is 11.0. The fourth-order valence-corrected chi connectivity index (χ4v) is 2.72. The molecule has 0 fully saturated rings. The Morgan fingerprint density at radius 1 is 1.07 bits per heavy atom. The number of aliphatic hydroxyl groups is 1. The molecule has 7 heteroatoms. The van der Waals surface area contributed by atoms with Crippen LogP contribution in [0.15, 0.2) is 47.5 Å². The molecule has 2 aromatic rings. The van der Waals surface area contributed by atoms with Gasteiger partial charge in [-0.2, -0.15) is 0 Å². The molecule has 1 aliphatic heterocycles. The van der Waals surface area contributed by atoms with E-state index in [1.165, 1.54) is 0 Å². The SMILES string of the molecule is CCNC(=NCc1ccccc1CO)Nc1ccc2c(c1)OCCCO2.I. The van der Waals surface area contributed by atoms with Crippen LogP contribution in [-0.2, 0) is 13.2 Å². The van der Waals surface area contributed by atoms with E-state index >= 15 is 0 Å². The third-order valence-corrected chi connectivity index (χ3v) is 4.05. The van der Waals surface area contributed by atoms with Crippen LogP contribution in [0.25, 0.3) is 0 Å². The maximum Gasteiger partial charge on any atom is 0.196 e. The van der Waals surface area contributed by atoms with Crippen molar-refractivity contribution in [2.45, 2.75) is 26.5 Å². The minimum absolute atomic E-state index is 0. The number of aliphatic imine (C=N–C) groups is 1. The van der Waals surface area contributed by atoms with Crippen molar-refractivity contribution in [3.63, 3.8) is 0 Å². The van der Waals surface area contributed by atoms with Gasteiger partial charge in [0.15, 0.2) is 17.5 Å². The van der Waals surface area contributed by atoms with Crippen molar-refractivity contribution in [3.05, 3.63) is 53.6 Å². The standard InChI is InChI=1S/C20H25N3O3.HI/c1-2-21-20(22-13-15-6-3-4-7-16(15)14-24)23-17-8-9-18-19(12-17)26-11-5-10-25-18;/h3-4,6-9,12,24H,2,5,10-11,13-14H2,1H3,(H2,21,22,23);1H. The van der Waals surface area contributed by atoms with Crippen molar-refractivity contribution in [1.29, 1.82) is 0 Å². The summed E-state index contributed by atoms with van der Waals surface area (Å²) in [4.78, 5) is 4.63. The van der Waals surface area contributed by atoms with Crippen LogP contribution < -0.4 is 20.1 Å². The summed E-state index contributed by atoms with van der Waals surface area (Å²) >= 11 is 0. The van der Waals surface area contributed by atoms with Crippen LogP contribution in [0.4, 0.5) is 5.69 Å². The van der Waals surface area contributed by atoms with Crippen LogP contribution >= 0.6 is 24.0 Å². The number of nitrogens with one attached hydrogen (secondary N) is 2. The van der Waals surface area contributed by atoms with E-state index in [4.69, 9.17) is 9.47 Å². The topological polar surface area (TPSA) is 75.1 Å². The van der Waals surface area contributed by atoms with Crippen LogP contribution in [0.3, 0.4) is 0 Å². The quantitative estimate of drug-likeness (QED) is 0.345. The summed E-state index contributed by atoms with van der Waals surface area (Å²) in [6, 6.07) is 13.5. The summed E-state index contributed by atoms with van der Waals surface area (Å²) < 4.78 is 11.4. The number of anilines is 1. The predicted molar refractivity (Wildman–Crippen MR) is 118 cm³/mol. The second-order valence-electron chi connectivity index (χ2n) is 5.96. The van der Waals surface area contributed by atoms with Crippen LogP contribution in [0.5, 0.6) is 11.5 Å². The molecule has 0 aliphatic carbocycles. The van der Waals surface area contributed by atoms with E-state index in [9.17, 15) is 5.11 Å². The van der Waals surface area contributed by atoms with Crippen molar-refractivity contribution < 1.29 is 14.6 Å². The molecule has 27 heavy (non-hydrogen) atoms. The molecule has 1 aliphatic rings. The molecule has 6 nitrogen and oxygen atoms in total. The first-order valence-electron chi connectivity index (χ1n) is 8.92. The largest absolute Gasteiger partial charge is 0.490 e. The van der Waals surface area contributed by atoms with Gasteiger partial charge in [-0.1, -0.05) is 24.3 Å². The molecule has 3 N–H and O–H groups in total. The van der Waals surface area contributed by atoms with Crippen molar-refractivity contribution in [2.75, 3.05) is 25.1 Å². The molecule has 0 amide bonds. The fraction of sp³-hybridized carbons (Fsp3) is 0.350. The maximum atomic E-state index is 9.45. The molecule has 2 aromatic carbocycles. The number of aliphatic hydroxyl groups excluding tert-OH is 1. The van der Waals surface area contributed by atoms with Crippen molar-refractivity contribution >= 4 is 35.6 Å². The number of ether oxygens (including phenoxy) is 2. The van der Waals surface area contributed by atoms with Gasteiger partial charge < -0.3 is 25.2 Å². The van der Waals surface area contributed by atoms with Gasteiger partial charge in [0.25, 0.3) is 0 Å². The molecule has 0 aromatic heterocycles. The van der Waals surface area contributed by atoms with Crippen LogP contribution in [0.2, 0.25) is 0 Å². The molecule has 0 spiro atoms. The Bertz CT molecular complexity index is 768. The first-order chi connectivity index (χ1) is 12.8. The molecule has 146 valence electrons. The lowest BCUT2D eigenvalue weighted by Gasteiger charge is -2.14. The highest BCUT2D eigenvalue weighted by Gasteiger charge is 2.11. The zero-order chi connectivity index (χ0) is 18.2. The molecule has 0 unspecified atom stereocenters. The highest BCUT2D eigenvalue weighted by Crippen LogP contribution is 2.32. The third kappa shape index (κ3) is 6.00. The van der Waals surface area contributed by atoms with Crippen LogP contribution in [0.1, 0.15) is 24.5 Å². The lowest BCUT2D eigenvalue weighted by molar-refractivity contribution is 0.280. The summed E-state index contributed by atoms with van der Waals surface area (Å²) in [7, 11) is 0. The van der Waals surface area contributed by atoms with Gasteiger partial charge in [-0.25, -0.2) is 4.99 Å². The molecular weight excluding hydrogens is 457 g/mol. The fourth-order valence-electron chi connectivity index (χ4n) is 2.72. The molecule has 0 atom stereocenters. The number of benzene rings is 2. The number of hydrogen-bond acceptors (Lipinski definition) is 4. The number of rotatable bonds is 5. The van der Waals surface area contributed by atoms with Gasteiger partial charge in [-0.05, 0) is 30.2 Å². The number of hydrogen-bond donors (Lipinski definition) is 3. The smallest absolute Gasteiger partial charge is 0.196 e. The van der Waals surface area contributed by atoms with Gasteiger partial charge in [-0.3, -0.25) is 0 Å². The number of fused-ring (bicyclic) bond motifs is 1. The van der Waals surface area contributed by atoms with E-state index in [0.29, 0.717) is 25.7 Å². The van der Waals surface area contributed by atoms with E-state index < -0.39 is 0 Å². The molecule has 0 saturated heterocycles. The number of halogens is 1. The highest BCUT2D eigenvalue weighted by molar-refractivity contribution is 14.0. The molecular formula is C20H26IN3O3. The normalized spacial score (nSPS) is 13.3. The minimum atomic E-state index is 0.